The normalized spacial score (nSPS) is 12.3. The summed E-state index contributed by atoms with van der Waals surface area (Å²) in [4.78, 5) is 76.8. The van der Waals surface area contributed by atoms with Gasteiger partial charge in [0.15, 0.2) is 6.79 Å². The first kappa shape index (κ1) is 133. The number of nitrogens with one attached hydrogen (secondary N) is 12. The molecule has 0 spiro atoms. The number of carbonyl (C=O) groups excluding carboxylic acids is 6. The Morgan fingerprint density at radius 1 is 0.333 bits per heavy atom. The lowest BCUT2D eigenvalue weighted by Gasteiger charge is -2.19. The van der Waals surface area contributed by atoms with E-state index >= 15 is 0 Å². The fourth-order valence-corrected chi connectivity index (χ4v) is 17.3. The highest BCUT2D eigenvalue weighted by molar-refractivity contribution is 7.92. The summed E-state index contributed by atoms with van der Waals surface area (Å²) in [6.45, 7) is 38.9. The van der Waals surface area contributed by atoms with Crippen LogP contribution in [-0.4, -0.2) is 201 Å². The van der Waals surface area contributed by atoms with Gasteiger partial charge in [0.2, 0.25) is 95.6 Å². The summed E-state index contributed by atoms with van der Waals surface area (Å²) in [5.41, 5.74) is 5.69. The molecule has 6 amide bonds. The molecule has 1 heterocycles. The van der Waals surface area contributed by atoms with Crippen LogP contribution in [0.5, 0.6) is 23.0 Å². The molecule has 1 aromatic heterocycles. The van der Waals surface area contributed by atoms with E-state index in [1.54, 1.807) is 204 Å². The average molecular weight is 2190 g/mol. The minimum absolute atomic E-state index is 0.0839. The van der Waals surface area contributed by atoms with Crippen LogP contribution in [0.25, 0.3) is 10.9 Å². The van der Waals surface area contributed by atoms with Crippen LogP contribution in [0.4, 0.5) is 34.1 Å². The second kappa shape index (κ2) is 64.8. The molecule has 0 fully saturated rings. The molecule has 0 aliphatic carbocycles. The number of methoxy groups -OCH3 is 1. The monoisotopic (exact) mass is 2190 g/mol. The number of benzene rings is 6. The number of hydrogen-bond donors (Lipinski definition) is 13. The smallest absolute Gasteiger partial charge is 0.224 e. The molecule has 44 heteroatoms. The zero-order chi connectivity index (χ0) is 111. The molecule has 0 aliphatic heterocycles. The summed E-state index contributed by atoms with van der Waals surface area (Å²) >= 11 is 0. The lowest BCUT2D eigenvalue weighted by Crippen LogP contribution is -2.39. The fraction of sp³-hybridized carbons (Fsp3) is 0.563. The number of para-hydroxylation sites is 1. The van der Waals surface area contributed by atoms with Crippen molar-refractivity contribution in [3.8, 4) is 23.0 Å². The minimum atomic E-state index is -3.33. The lowest BCUT2D eigenvalue weighted by atomic mass is 10.1. The van der Waals surface area contributed by atoms with Crippen molar-refractivity contribution < 1.29 is 108 Å². The summed E-state index contributed by atoms with van der Waals surface area (Å²) < 4.78 is 185. The van der Waals surface area contributed by atoms with Crippen molar-refractivity contribution in [3.05, 3.63) is 157 Å². The molecule has 13 N–H and O–H groups in total. The molecule has 0 aliphatic rings. The number of hydrogen-bond acceptors (Lipinski definition) is 25. The largest absolute Gasteiger partial charge is 0.508 e. The number of nitrogens with zero attached hydrogens (tertiary/aromatic N) is 1. The minimum Gasteiger partial charge on any atom is -0.508 e. The van der Waals surface area contributed by atoms with Crippen molar-refractivity contribution in [3.63, 3.8) is 0 Å². The highest BCUT2D eigenvalue weighted by Crippen LogP contribution is 2.28. The Bertz CT molecular complexity index is 6000. The third-order valence-corrected chi connectivity index (χ3v) is 35.2. The number of aryl methyl sites for hydroxylation is 1. The van der Waals surface area contributed by atoms with Gasteiger partial charge in [-0.2, -0.15) is 0 Å². The number of sulfonamides is 6. The number of anilines is 6. The van der Waals surface area contributed by atoms with E-state index in [2.05, 4.69) is 72.1 Å². The second-order valence-corrected chi connectivity index (χ2v) is 56.7. The number of ether oxygens (including phenoxy) is 4. The highest BCUT2D eigenvalue weighted by Gasteiger charge is 2.33. The molecule has 1 atom stereocenters. The Hall–Kier alpha value is -9.68. The molecule has 0 saturated heterocycles. The molecule has 7 aromatic rings. The third-order valence-electron chi connectivity index (χ3n) is 21.1. The van der Waals surface area contributed by atoms with E-state index in [4.69, 9.17) is 18.9 Å². The van der Waals surface area contributed by atoms with Gasteiger partial charge in [-0.05, 0) is 307 Å². The Morgan fingerprint density at radius 2 is 0.619 bits per heavy atom. The van der Waals surface area contributed by atoms with Gasteiger partial charge < -0.3 is 56.0 Å². The van der Waals surface area contributed by atoms with Gasteiger partial charge in [-0.3, -0.25) is 38.0 Å². The first-order chi connectivity index (χ1) is 68.2. The molecule has 828 valence electrons. The molecule has 0 bridgehead atoms. The number of aromatic nitrogens is 1. The molecular formula is C103H165N13O24S7. The van der Waals surface area contributed by atoms with Crippen LogP contribution in [0, 0.1) is 6.92 Å². The van der Waals surface area contributed by atoms with Crippen LogP contribution in [0.15, 0.2) is 157 Å². The van der Waals surface area contributed by atoms with Gasteiger partial charge in [-0.25, -0.2) is 78.8 Å². The fourth-order valence-electron chi connectivity index (χ4n) is 11.7. The van der Waals surface area contributed by atoms with Crippen LogP contribution in [-0.2, 0) is 104 Å². The third kappa shape index (κ3) is 55.1. The van der Waals surface area contributed by atoms with Crippen LogP contribution in [0.1, 0.15) is 273 Å². The van der Waals surface area contributed by atoms with E-state index in [1.807, 2.05) is 80.6 Å². The van der Waals surface area contributed by atoms with Gasteiger partial charge in [0, 0.05) is 171 Å². The Morgan fingerprint density at radius 3 is 0.912 bits per heavy atom. The SMILES string of the molecule is CC(C)(C)S(=O)(=O)NCCCCC(=O)Nc1cccc(O)c1.CCCCOc1cccc(NC(=O)CCCCNS(=O)(=O)C(C)(C)C)c1.CCOc1cccc(NC(=O)CCCCNS(=O)(=O)C(C)(C)C)c1.COCOc1cccc(NC(=O)CCCCNS(=O)(=O)C(C)(C)C)c1.CS(=O)c1ccc(NC(=O)CCCCNS(=O)(=O)C(C)(C)C)cc1.Cc1cc(NC(=O)CCCCNS(=O)(=O)C(C)(C)C)c2ccccc2n1. The average Bonchev–Trinajstić information content (AvgIpc) is 0.805. The first-order valence-corrected chi connectivity index (χ1v) is 59.7. The van der Waals surface area contributed by atoms with Crippen molar-refractivity contribution in [2.75, 3.05) is 105 Å². The van der Waals surface area contributed by atoms with Crippen molar-refractivity contribution in [1.29, 1.82) is 0 Å². The maximum atomic E-state index is 12.2. The molecule has 1 unspecified atom stereocenters. The van der Waals surface area contributed by atoms with Crippen LogP contribution in [0.3, 0.4) is 0 Å². The molecule has 0 saturated carbocycles. The molecule has 6 aromatic carbocycles. The zero-order valence-corrected chi connectivity index (χ0v) is 95.8. The summed E-state index contributed by atoms with van der Waals surface area (Å²) in [7, 11) is -19.5. The molecule has 37 nitrogen and oxygen atoms in total. The van der Waals surface area contributed by atoms with Crippen LogP contribution < -0.4 is 74.4 Å². The topological polar surface area (TPSA) is 539 Å². The number of fused-ring (bicyclic) bond motifs is 1. The number of pyridine rings is 1. The number of amides is 6. The number of rotatable bonds is 52. The number of phenols is 1. The van der Waals surface area contributed by atoms with E-state index in [0.29, 0.717) is 213 Å². The highest BCUT2D eigenvalue weighted by atomic mass is 32.2. The van der Waals surface area contributed by atoms with Crippen molar-refractivity contribution in [1.82, 2.24) is 33.3 Å². The summed E-state index contributed by atoms with van der Waals surface area (Å²) in [6, 6.07) is 44.3. The van der Waals surface area contributed by atoms with Crippen molar-refractivity contribution in [2.45, 2.75) is 307 Å². The number of aromatic hydroxyl groups is 1. The van der Waals surface area contributed by atoms with Crippen LogP contribution in [0.2, 0.25) is 0 Å². The summed E-state index contributed by atoms with van der Waals surface area (Å²) in [6.07, 6.45) is 12.9. The van der Waals surface area contributed by atoms with E-state index in [1.165, 1.54) is 19.2 Å². The predicted molar refractivity (Wildman–Crippen MR) is 592 cm³/mol. The molecule has 7 rings (SSSR count). The Balaban J connectivity index is 0.000000597. The number of carbonyl (C=O) groups is 6. The Labute approximate surface area is 878 Å². The predicted octanol–water partition coefficient (Wildman–Crippen LogP) is 16.9. The quantitative estimate of drug-likeness (QED) is 0.0124. The van der Waals surface area contributed by atoms with Gasteiger partial charge in [-0.1, -0.05) is 55.8 Å². The van der Waals surface area contributed by atoms with E-state index in [9.17, 15) is 88.6 Å². The molecular weight excluding hydrogens is 2030 g/mol. The summed E-state index contributed by atoms with van der Waals surface area (Å²) in [5, 5.41) is 27.0. The van der Waals surface area contributed by atoms with Gasteiger partial charge in [0.05, 0.1) is 52.9 Å². The van der Waals surface area contributed by atoms with Gasteiger partial charge in [-0.15, -0.1) is 0 Å². The van der Waals surface area contributed by atoms with Gasteiger partial charge >= 0.3 is 0 Å². The van der Waals surface area contributed by atoms with Crippen molar-refractivity contribution in [2.24, 2.45) is 0 Å². The summed E-state index contributed by atoms with van der Waals surface area (Å²) in [5.74, 6) is 1.48. The van der Waals surface area contributed by atoms with E-state index in [0.717, 1.165) is 40.9 Å². The second-order valence-electron chi connectivity index (χ2n) is 40.2. The number of unbranched alkanes of at least 4 members (excludes halogenated alkanes) is 7. The maximum absolute atomic E-state index is 12.2. The first-order valence-electron chi connectivity index (χ1n) is 49.2. The Kier molecular flexibility index (Phi) is 58.8. The van der Waals surface area contributed by atoms with Gasteiger partial charge in [0.25, 0.3) is 0 Å². The lowest BCUT2D eigenvalue weighted by molar-refractivity contribution is -0.117. The van der Waals surface area contributed by atoms with E-state index in [-0.39, 0.29) is 48.0 Å². The maximum Gasteiger partial charge on any atom is 0.224 e. The molecule has 147 heavy (non-hydrogen) atoms. The van der Waals surface area contributed by atoms with E-state index < -0.39 is 99.4 Å². The van der Waals surface area contributed by atoms with Gasteiger partial charge in [0.1, 0.15) is 23.0 Å². The number of phenolic OH excluding ortho intramolecular Hbond substituents is 1. The standard InChI is InChI=1S/C19H27N3O3S.C19H32N2O4S.C17H28N2O5S.C17H28N2O4S.C16H26N2O4S2.C15H24N2O4S/c1-14-13-17(15-9-5-6-10-16(15)21-14)22-18(23)11-7-8-12-20-26(24,25)19(2,3)4;1-5-6-14-25-17-11-9-10-16(15-17)21-18(22)12-7-8-13-20-26(23,24)19(2,3)4;1-17(2,3)25(21,22)18-11-6-5-10-16(20)19-14-8-7-9-15(12-14)24-13-23-4;1-5-23-15-10-8-9-14(13-15)19-16(20)11-6-7-12-18-24(21,22)17(2,3)4;1-16(2,3)24(21,22)17-12-6-5-7-15(19)18-13-8-10-14(11-9-13)23(4)20;1-15(2,3)22(20,21)16-10-5-4-9-14(19)17-12-7-6-8-13(18)11-12/h5-6,9-10,13,20H,7-8,11-12H2,1-4H3,(H,21,22,23);9-11,15,20H,5-8,12-14H2,1-4H3,(H,21,22);7-9,12,18H,5-6,10-11,13H2,1-4H3,(H,19,20);8-10,13,18H,5-7,11-12H2,1-4H3,(H,19,20);8-11,17H,5-7,12H2,1-4H3,(H,18,19);6-8,11,16,18H,4-5,9-10H2,1-3H3,(H,17,19). The van der Waals surface area contributed by atoms with Crippen LogP contribution >= 0.6 is 0 Å². The zero-order valence-electron chi connectivity index (χ0n) is 90.1. The van der Waals surface area contributed by atoms with Crippen molar-refractivity contribution >= 4 is 151 Å². The molecule has 0 radical (unpaired) electrons.